The first kappa shape index (κ1) is 11.7. The lowest BCUT2D eigenvalue weighted by molar-refractivity contribution is 0.0950. The van der Waals surface area contributed by atoms with E-state index in [0.717, 1.165) is 11.3 Å². The van der Waals surface area contributed by atoms with E-state index in [4.69, 9.17) is 16.0 Å². The van der Waals surface area contributed by atoms with Gasteiger partial charge in [-0.3, -0.25) is 9.78 Å². The van der Waals surface area contributed by atoms with Crippen LogP contribution in [-0.2, 0) is 6.54 Å². The zero-order chi connectivity index (χ0) is 12.3. The number of pyridine rings is 1. The van der Waals surface area contributed by atoms with Crippen molar-refractivity contribution < 1.29 is 9.21 Å². The molecule has 0 saturated heterocycles. The third kappa shape index (κ3) is 2.65. The minimum absolute atomic E-state index is 0.0974. The predicted molar refractivity (Wildman–Crippen MR) is 63.9 cm³/mol. The Hall–Kier alpha value is -1.81. The number of aryl methyl sites for hydroxylation is 1. The smallest absolute Gasteiger partial charge is 0.256 e. The van der Waals surface area contributed by atoms with E-state index in [2.05, 4.69) is 10.3 Å². The molecular formula is C12H11ClN2O2. The Bertz CT molecular complexity index is 537. The SMILES string of the molecule is Cc1cccnc1CNC(=O)c1ccoc1Cl. The highest BCUT2D eigenvalue weighted by molar-refractivity contribution is 6.32. The molecule has 0 atom stereocenters. The summed E-state index contributed by atoms with van der Waals surface area (Å²) in [6.07, 6.45) is 3.07. The topological polar surface area (TPSA) is 55.1 Å². The number of hydrogen-bond donors (Lipinski definition) is 1. The van der Waals surface area contributed by atoms with Gasteiger partial charge in [-0.25, -0.2) is 0 Å². The molecule has 5 heteroatoms. The molecule has 88 valence electrons. The highest BCUT2D eigenvalue weighted by Gasteiger charge is 2.12. The molecule has 0 radical (unpaired) electrons. The number of nitrogens with one attached hydrogen (secondary N) is 1. The Morgan fingerprint density at radius 2 is 2.35 bits per heavy atom. The lowest BCUT2D eigenvalue weighted by Crippen LogP contribution is -2.23. The lowest BCUT2D eigenvalue weighted by atomic mass is 10.2. The van der Waals surface area contributed by atoms with Crippen LogP contribution in [0, 0.1) is 6.92 Å². The number of halogens is 1. The Balaban J connectivity index is 2.02. The maximum absolute atomic E-state index is 11.7. The van der Waals surface area contributed by atoms with E-state index in [-0.39, 0.29) is 11.1 Å². The van der Waals surface area contributed by atoms with Gasteiger partial charge in [-0.15, -0.1) is 0 Å². The van der Waals surface area contributed by atoms with Crippen molar-refractivity contribution in [2.45, 2.75) is 13.5 Å². The van der Waals surface area contributed by atoms with Crippen LogP contribution in [0.2, 0.25) is 5.22 Å². The van der Waals surface area contributed by atoms with E-state index in [0.29, 0.717) is 12.1 Å². The van der Waals surface area contributed by atoms with Gasteiger partial charge in [0.05, 0.1) is 24.1 Å². The maximum Gasteiger partial charge on any atom is 0.256 e. The summed E-state index contributed by atoms with van der Waals surface area (Å²) in [5.74, 6) is -0.270. The summed E-state index contributed by atoms with van der Waals surface area (Å²) in [6, 6.07) is 5.33. The molecule has 2 heterocycles. The van der Waals surface area contributed by atoms with E-state index in [1.807, 2.05) is 19.1 Å². The number of carbonyl (C=O) groups is 1. The van der Waals surface area contributed by atoms with Crippen molar-refractivity contribution in [3.8, 4) is 0 Å². The molecule has 0 spiro atoms. The van der Waals surface area contributed by atoms with E-state index >= 15 is 0 Å². The summed E-state index contributed by atoms with van der Waals surface area (Å²) >= 11 is 5.70. The number of furan rings is 1. The second-order valence-corrected chi connectivity index (χ2v) is 3.90. The monoisotopic (exact) mass is 250 g/mol. The lowest BCUT2D eigenvalue weighted by Gasteiger charge is -2.05. The Labute approximate surface area is 104 Å². The van der Waals surface area contributed by atoms with E-state index in [9.17, 15) is 4.79 Å². The second-order valence-electron chi connectivity index (χ2n) is 3.56. The van der Waals surface area contributed by atoms with Crippen LogP contribution >= 0.6 is 11.6 Å². The molecule has 1 amide bonds. The highest BCUT2D eigenvalue weighted by atomic mass is 35.5. The molecule has 2 rings (SSSR count). The largest absolute Gasteiger partial charge is 0.452 e. The number of aromatic nitrogens is 1. The zero-order valence-corrected chi connectivity index (χ0v) is 9.99. The van der Waals surface area contributed by atoms with Crippen molar-refractivity contribution in [2.75, 3.05) is 0 Å². The highest BCUT2D eigenvalue weighted by Crippen LogP contribution is 2.16. The van der Waals surface area contributed by atoms with Crippen LogP contribution in [0.3, 0.4) is 0 Å². The summed E-state index contributed by atoms with van der Waals surface area (Å²) in [7, 11) is 0. The molecule has 0 aromatic carbocycles. The predicted octanol–water partition coefficient (Wildman–Crippen LogP) is 2.57. The summed E-state index contributed by atoms with van der Waals surface area (Å²) < 4.78 is 4.85. The third-order valence-electron chi connectivity index (χ3n) is 2.40. The molecule has 2 aromatic rings. The first-order valence-electron chi connectivity index (χ1n) is 5.10. The third-order valence-corrected chi connectivity index (χ3v) is 2.69. The molecule has 0 aliphatic heterocycles. The van der Waals surface area contributed by atoms with Gasteiger partial charge in [0.25, 0.3) is 5.91 Å². The Morgan fingerprint density at radius 3 is 3.00 bits per heavy atom. The first-order chi connectivity index (χ1) is 8.18. The molecule has 2 aromatic heterocycles. The maximum atomic E-state index is 11.7. The van der Waals surface area contributed by atoms with E-state index in [1.54, 1.807) is 6.20 Å². The normalized spacial score (nSPS) is 10.2. The van der Waals surface area contributed by atoms with E-state index < -0.39 is 0 Å². The molecule has 0 fully saturated rings. The number of amides is 1. The Morgan fingerprint density at radius 1 is 1.53 bits per heavy atom. The first-order valence-corrected chi connectivity index (χ1v) is 5.48. The molecule has 0 aliphatic rings. The summed E-state index contributed by atoms with van der Waals surface area (Å²) in [4.78, 5) is 15.9. The fourth-order valence-corrected chi connectivity index (χ4v) is 1.62. The minimum Gasteiger partial charge on any atom is -0.452 e. The minimum atomic E-state index is -0.270. The fourth-order valence-electron chi connectivity index (χ4n) is 1.42. The fraction of sp³-hybridized carbons (Fsp3) is 0.167. The number of hydrogen-bond acceptors (Lipinski definition) is 3. The second kappa shape index (κ2) is 5.01. The van der Waals surface area contributed by atoms with Crippen molar-refractivity contribution in [3.63, 3.8) is 0 Å². The average Bonchev–Trinajstić information content (AvgIpc) is 2.74. The molecule has 0 unspecified atom stereocenters. The van der Waals surface area contributed by atoms with Crippen molar-refractivity contribution in [3.05, 3.63) is 52.7 Å². The summed E-state index contributed by atoms with van der Waals surface area (Å²) in [5.41, 5.74) is 2.20. The van der Waals surface area contributed by atoms with Crippen molar-refractivity contribution >= 4 is 17.5 Å². The molecule has 0 aliphatic carbocycles. The van der Waals surface area contributed by atoms with Crippen LogP contribution in [0.4, 0.5) is 0 Å². The molecule has 1 N–H and O–H groups in total. The van der Waals surface area contributed by atoms with Gasteiger partial charge in [-0.05, 0) is 36.2 Å². The molecule has 0 saturated carbocycles. The van der Waals surface area contributed by atoms with Gasteiger partial charge in [0.15, 0.2) is 0 Å². The quantitative estimate of drug-likeness (QED) is 0.911. The van der Waals surface area contributed by atoms with Gasteiger partial charge >= 0.3 is 0 Å². The van der Waals surface area contributed by atoms with Gasteiger partial charge in [0.1, 0.15) is 0 Å². The number of nitrogens with zero attached hydrogens (tertiary/aromatic N) is 1. The van der Waals surface area contributed by atoms with Crippen LogP contribution in [0.15, 0.2) is 35.1 Å². The van der Waals surface area contributed by atoms with Gasteiger partial charge in [0.2, 0.25) is 5.22 Å². The van der Waals surface area contributed by atoms with Gasteiger partial charge in [-0.1, -0.05) is 6.07 Å². The van der Waals surface area contributed by atoms with Crippen molar-refractivity contribution in [1.82, 2.24) is 10.3 Å². The zero-order valence-electron chi connectivity index (χ0n) is 9.24. The van der Waals surface area contributed by atoms with Crippen LogP contribution < -0.4 is 5.32 Å². The van der Waals surface area contributed by atoms with Crippen LogP contribution in [0.1, 0.15) is 21.6 Å². The average molecular weight is 251 g/mol. The van der Waals surface area contributed by atoms with Gasteiger partial charge in [0, 0.05) is 6.20 Å². The number of carbonyl (C=O) groups excluding carboxylic acids is 1. The summed E-state index contributed by atoms with van der Waals surface area (Å²) in [5, 5.41) is 2.83. The van der Waals surface area contributed by atoms with Crippen LogP contribution in [0.25, 0.3) is 0 Å². The van der Waals surface area contributed by atoms with Gasteiger partial charge < -0.3 is 9.73 Å². The van der Waals surface area contributed by atoms with Crippen molar-refractivity contribution in [1.29, 1.82) is 0 Å². The molecule has 0 bridgehead atoms. The van der Waals surface area contributed by atoms with Crippen LogP contribution in [-0.4, -0.2) is 10.9 Å². The van der Waals surface area contributed by atoms with Crippen molar-refractivity contribution in [2.24, 2.45) is 0 Å². The molecular weight excluding hydrogens is 240 g/mol. The summed E-state index contributed by atoms with van der Waals surface area (Å²) in [6.45, 7) is 2.31. The van der Waals surface area contributed by atoms with Gasteiger partial charge in [-0.2, -0.15) is 0 Å². The van der Waals surface area contributed by atoms with Crippen LogP contribution in [0.5, 0.6) is 0 Å². The Kier molecular flexibility index (Phi) is 3.44. The molecule has 4 nitrogen and oxygen atoms in total. The van der Waals surface area contributed by atoms with E-state index in [1.165, 1.54) is 12.3 Å². The molecule has 17 heavy (non-hydrogen) atoms. The standard InChI is InChI=1S/C12H11ClN2O2/c1-8-3-2-5-14-10(8)7-15-12(16)9-4-6-17-11(9)13/h2-6H,7H2,1H3,(H,15,16). The number of rotatable bonds is 3.